The molecule has 33 heavy (non-hydrogen) atoms. The van der Waals surface area contributed by atoms with E-state index in [4.69, 9.17) is 9.84 Å². The second-order valence-corrected chi connectivity index (χ2v) is 9.48. The first-order valence-corrected chi connectivity index (χ1v) is 11.2. The summed E-state index contributed by atoms with van der Waals surface area (Å²) in [6.07, 6.45) is 2.91. The number of carbonyl (C=O) groups is 1. The molecule has 0 unspecified atom stereocenters. The van der Waals surface area contributed by atoms with Gasteiger partial charge in [0.2, 0.25) is 0 Å². The molecule has 0 bridgehead atoms. The molecule has 1 aliphatic heterocycles. The maximum Gasteiger partial charge on any atom is 0.410 e. The van der Waals surface area contributed by atoms with Crippen molar-refractivity contribution < 1.29 is 9.53 Å². The van der Waals surface area contributed by atoms with Gasteiger partial charge in [0.25, 0.3) is 5.56 Å². The van der Waals surface area contributed by atoms with Crippen LogP contribution < -0.4 is 5.56 Å². The van der Waals surface area contributed by atoms with Gasteiger partial charge in [0, 0.05) is 31.3 Å². The topological polar surface area (TPSA) is 92.6 Å². The van der Waals surface area contributed by atoms with Crippen LogP contribution in [0.15, 0.2) is 53.5 Å². The van der Waals surface area contributed by atoms with Gasteiger partial charge >= 0.3 is 6.09 Å². The Labute approximate surface area is 191 Å². The molecule has 4 heterocycles. The maximum absolute atomic E-state index is 12.7. The summed E-state index contributed by atoms with van der Waals surface area (Å²) in [7, 11) is 0. The highest BCUT2D eigenvalue weighted by Gasteiger charge is 2.29. The van der Waals surface area contributed by atoms with Crippen LogP contribution in [-0.4, -0.2) is 49.3 Å². The molecule has 0 saturated carbocycles. The largest absolute Gasteiger partial charge is 0.444 e. The summed E-state index contributed by atoms with van der Waals surface area (Å²) >= 11 is 0. The zero-order valence-electron chi connectivity index (χ0n) is 19.0. The molecule has 0 radical (unpaired) electrons. The quantitative estimate of drug-likeness (QED) is 0.495. The summed E-state index contributed by atoms with van der Waals surface area (Å²) in [5, 5.41) is 5.58. The maximum atomic E-state index is 12.7. The fourth-order valence-corrected chi connectivity index (χ4v) is 4.49. The molecule has 5 rings (SSSR count). The summed E-state index contributed by atoms with van der Waals surface area (Å²) in [5.74, 6) is 0.1000. The molecule has 8 heteroatoms. The van der Waals surface area contributed by atoms with Crippen molar-refractivity contribution in [2.75, 3.05) is 13.1 Å². The second kappa shape index (κ2) is 8.03. The van der Waals surface area contributed by atoms with Crippen molar-refractivity contribution in [3.05, 3.63) is 64.7 Å². The third-order valence-corrected chi connectivity index (χ3v) is 5.99. The summed E-state index contributed by atoms with van der Waals surface area (Å²) in [6.45, 7) is 6.74. The van der Waals surface area contributed by atoms with E-state index in [9.17, 15) is 9.59 Å². The predicted octanol–water partition coefficient (Wildman–Crippen LogP) is 4.35. The molecule has 8 nitrogen and oxygen atoms in total. The van der Waals surface area contributed by atoms with Crippen LogP contribution in [0.3, 0.4) is 0 Å². The Bertz CT molecular complexity index is 1380. The van der Waals surface area contributed by atoms with E-state index >= 15 is 0 Å². The highest BCUT2D eigenvalue weighted by atomic mass is 16.6. The molecule has 1 aliphatic rings. The van der Waals surface area contributed by atoms with Crippen molar-refractivity contribution in [2.45, 2.75) is 45.1 Å². The van der Waals surface area contributed by atoms with Crippen LogP contribution in [0.25, 0.3) is 27.8 Å². The Morgan fingerprint density at radius 3 is 2.55 bits per heavy atom. The number of hydrogen-bond donors (Lipinski definition) is 1. The number of nitrogens with zero attached hydrogens (tertiary/aromatic N) is 4. The number of piperidine rings is 1. The lowest BCUT2D eigenvalue weighted by Crippen LogP contribution is -2.41. The molecule has 1 N–H and O–H groups in total. The number of ether oxygens (including phenoxy) is 1. The van der Waals surface area contributed by atoms with Crippen molar-refractivity contribution in [3.63, 3.8) is 0 Å². The van der Waals surface area contributed by atoms with Crippen LogP contribution in [0.2, 0.25) is 0 Å². The zero-order chi connectivity index (χ0) is 23.2. The number of carbonyl (C=O) groups excluding carboxylic acids is 1. The average molecular weight is 446 g/mol. The number of nitrogens with one attached hydrogen (secondary N) is 1. The molecule has 0 atom stereocenters. The molecule has 3 aromatic heterocycles. The van der Waals surface area contributed by atoms with Gasteiger partial charge in [0.15, 0.2) is 5.65 Å². The highest BCUT2D eigenvalue weighted by molar-refractivity contribution is 6.02. The number of aromatic amines is 1. The standard InChI is InChI=1S/C25H27N5O3/c1-25(2,3)33-24(32)29-13-10-17(11-14-29)19-15-20(31)27-23-21-18(16-7-5-4-6-8-16)9-12-26-22(21)28-30(19)23/h4-9,12,15,17H,10-11,13-14H2,1-3H3,(H,27,31). The average Bonchev–Trinajstić information content (AvgIpc) is 3.17. The Balaban J connectivity index is 1.52. The summed E-state index contributed by atoms with van der Waals surface area (Å²) in [4.78, 5) is 34.3. The van der Waals surface area contributed by atoms with E-state index in [1.165, 1.54) is 0 Å². The van der Waals surface area contributed by atoms with Crippen LogP contribution in [0.1, 0.15) is 45.2 Å². The number of rotatable bonds is 2. The predicted molar refractivity (Wildman–Crippen MR) is 126 cm³/mol. The summed E-state index contributed by atoms with van der Waals surface area (Å²) < 4.78 is 7.33. The second-order valence-electron chi connectivity index (χ2n) is 9.48. The monoisotopic (exact) mass is 445 g/mol. The third-order valence-electron chi connectivity index (χ3n) is 5.99. The number of pyridine rings is 1. The minimum atomic E-state index is -0.522. The normalized spacial score (nSPS) is 15.3. The Kier molecular flexibility index (Phi) is 5.15. The minimum absolute atomic E-state index is 0.1000. The Hall–Kier alpha value is -3.68. The fraction of sp³-hybridized carbons (Fsp3) is 0.360. The lowest BCUT2D eigenvalue weighted by molar-refractivity contribution is 0.0203. The minimum Gasteiger partial charge on any atom is -0.444 e. The Morgan fingerprint density at radius 2 is 1.85 bits per heavy atom. The van der Waals surface area contributed by atoms with E-state index in [2.05, 4.69) is 9.97 Å². The molecule has 1 aromatic carbocycles. The molecule has 1 saturated heterocycles. The first kappa shape index (κ1) is 21.2. The van der Waals surface area contributed by atoms with Crippen molar-refractivity contribution in [3.8, 4) is 11.1 Å². The smallest absolute Gasteiger partial charge is 0.410 e. The summed E-state index contributed by atoms with van der Waals surface area (Å²) in [6, 6.07) is 13.6. The van der Waals surface area contributed by atoms with E-state index < -0.39 is 5.60 Å². The van der Waals surface area contributed by atoms with Gasteiger partial charge in [-0.1, -0.05) is 30.3 Å². The van der Waals surface area contributed by atoms with Crippen LogP contribution in [0, 0.1) is 0 Å². The van der Waals surface area contributed by atoms with Crippen molar-refractivity contribution in [1.29, 1.82) is 0 Å². The van der Waals surface area contributed by atoms with Gasteiger partial charge in [-0.2, -0.15) is 0 Å². The van der Waals surface area contributed by atoms with Gasteiger partial charge in [-0.3, -0.25) is 4.79 Å². The van der Waals surface area contributed by atoms with Gasteiger partial charge < -0.3 is 14.6 Å². The number of aromatic nitrogens is 4. The van der Waals surface area contributed by atoms with Gasteiger partial charge in [0.1, 0.15) is 11.2 Å². The molecular formula is C25H27N5O3. The van der Waals surface area contributed by atoms with Crippen LogP contribution in [-0.2, 0) is 4.74 Å². The number of hydrogen-bond acceptors (Lipinski definition) is 5. The van der Waals surface area contributed by atoms with Gasteiger partial charge in [-0.05, 0) is 50.8 Å². The lowest BCUT2D eigenvalue weighted by Gasteiger charge is -2.33. The van der Waals surface area contributed by atoms with Crippen LogP contribution in [0.4, 0.5) is 4.79 Å². The number of fused-ring (bicyclic) bond motifs is 3. The van der Waals surface area contributed by atoms with E-state index in [1.54, 1.807) is 17.2 Å². The summed E-state index contributed by atoms with van der Waals surface area (Å²) in [5.41, 5.74) is 3.40. The number of likely N-dealkylation sites (tertiary alicyclic amines) is 1. The number of benzene rings is 1. The molecular weight excluding hydrogens is 418 g/mol. The van der Waals surface area contributed by atoms with Crippen LogP contribution >= 0.6 is 0 Å². The number of amides is 1. The van der Waals surface area contributed by atoms with Crippen molar-refractivity contribution >= 4 is 22.8 Å². The zero-order valence-corrected chi connectivity index (χ0v) is 19.0. The Morgan fingerprint density at radius 1 is 1.12 bits per heavy atom. The van der Waals surface area contributed by atoms with Crippen molar-refractivity contribution in [2.24, 2.45) is 0 Å². The third kappa shape index (κ3) is 4.08. The highest BCUT2D eigenvalue weighted by Crippen LogP contribution is 2.33. The SMILES string of the molecule is CC(C)(C)OC(=O)N1CCC(c2cc(=O)[nH]c3c4c(-c5ccccc5)ccnc4nn23)CC1. The molecule has 4 aromatic rings. The number of H-pyrrole nitrogens is 1. The molecule has 0 aliphatic carbocycles. The first-order valence-electron chi connectivity index (χ1n) is 11.2. The van der Waals surface area contributed by atoms with Crippen molar-refractivity contribution in [1.82, 2.24) is 24.5 Å². The molecule has 170 valence electrons. The van der Waals surface area contributed by atoms with Gasteiger partial charge in [-0.15, -0.1) is 5.10 Å². The first-order chi connectivity index (χ1) is 15.8. The van der Waals surface area contributed by atoms with E-state index in [0.717, 1.165) is 35.0 Å². The van der Waals surface area contributed by atoms with E-state index in [0.29, 0.717) is 24.4 Å². The van der Waals surface area contributed by atoms with Gasteiger partial charge in [-0.25, -0.2) is 14.3 Å². The van der Waals surface area contributed by atoms with E-state index in [1.807, 2.05) is 61.7 Å². The van der Waals surface area contributed by atoms with E-state index in [-0.39, 0.29) is 17.6 Å². The molecule has 0 spiro atoms. The molecule has 1 amide bonds. The van der Waals surface area contributed by atoms with Gasteiger partial charge in [0.05, 0.1) is 11.1 Å². The molecule has 1 fully saturated rings. The van der Waals surface area contributed by atoms with Crippen LogP contribution in [0.5, 0.6) is 0 Å². The fourth-order valence-electron chi connectivity index (χ4n) is 4.49. The lowest BCUT2D eigenvalue weighted by atomic mass is 9.93.